The number of aryl methyl sites for hydroxylation is 1. The number of fused-ring (bicyclic) bond motifs is 1. The van der Waals surface area contributed by atoms with Crippen molar-refractivity contribution in [3.63, 3.8) is 0 Å². The Labute approximate surface area is 106 Å². The van der Waals surface area contributed by atoms with Gasteiger partial charge in [0.1, 0.15) is 0 Å². The molecule has 2 heteroatoms. The summed E-state index contributed by atoms with van der Waals surface area (Å²) >= 11 is 0. The predicted octanol–water partition coefficient (Wildman–Crippen LogP) is 4.02. The molecule has 0 atom stereocenters. The van der Waals surface area contributed by atoms with Gasteiger partial charge in [-0.2, -0.15) is 5.26 Å². The maximum absolute atomic E-state index is 8.83. The maximum atomic E-state index is 8.83. The molecule has 0 aliphatic heterocycles. The van der Waals surface area contributed by atoms with E-state index in [0.717, 1.165) is 16.8 Å². The summed E-state index contributed by atoms with van der Waals surface area (Å²) in [6, 6.07) is 18.1. The van der Waals surface area contributed by atoms with Gasteiger partial charge in [0.25, 0.3) is 0 Å². The Bertz CT molecular complexity index is 743. The molecule has 0 spiro atoms. The van der Waals surface area contributed by atoms with Gasteiger partial charge in [-0.3, -0.25) is 0 Å². The van der Waals surface area contributed by atoms with Crippen molar-refractivity contribution in [2.75, 3.05) is 0 Å². The first-order valence-electron chi connectivity index (χ1n) is 5.87. The second-order valence-corrected chi connectivity index (χ2v) is 4.36. The average Bonchev–Trinajstić information content (AvgIpc) is 2.75. The number of nitrogens with zero attached hydrogens (tertiary/aromatic N) is 1. The fourth-order valence-electron chi connectivity index (χ4n) is 2.36. The van der Waals surface area contributed by atoms with Gasteiger partial charge < -0.3 is 4.98 Å². The van der Waals surface area contributed by atoms with Crippen LogP contribution in [0.2, 0.25) is 0 Å². The van der Waals surface area contributed by atoms with Crippen LogP contribution in [0.1, 0.15) is 11.3 Å². The van der Waals surface area contributed by atoms with Crippen molar-refractivity contribution in [1.29, 1.82) is 5.26 Å². The Morgan fingerprint density at radius 2 is 1.72 bits per heavy atom. The van der Waals surface area contributed by atoms with Crippen molar-refractivity contribution in [1.82, 2.24) is 4.98 Å². The van der Waals surface area contributed by atoms with Crippen LogP contribution in [-0.4, -0.2) is 4.98 Å². The minimum absolute atomic E-state index is 0.691. The number of hydrogen-bond acceptors (Lipinski definition) is 1. The zero-order valence-corrected chi connectivity index (χ0v) is 10.1. The largest absolute Gasteiger partial charge is 0.358 e. The first-order valence-corrected chi connectivity index (χ1v) is 5.87. The highest BCUT2D eigenvalue weighted by Crippen LogP contribution is 2.31. The quantitative estimate of drug-likeness (QED) is 0.676. The van der Waals surface area contributed by atoms with E-state index >= 15 is 0 Å². The molecule has 0 saturated carbocycles. The van der Waals surface area contributed by atoms with Gasteiger partial charge in [-0.15, -0.1) is 0 Å². The van der Waals surface area contributed by atoms with Gasteiger partial charge in [0, 0.05) is 22.2 Å². The number of benzene rings is 2. The predicted molar refractivity (Wildman–Crippen MR) is 73.2 cm³/mol. The van der Waals surface area contributed by atoms with Gasteiger partial charge in [-0.25, -0.2) is 0 Å². The lowest BCUT2D eigenvalue weighted by atomic mass is 10.0. The van der Waals surface area contributed by atoms with Gasteiger partial charge in [-0.05, 0) is 30.7 Å². The molecule has 0 saturated heterocycles. The summed E-state index contributed by atoms with van der Waals surface area (Å²) in [6.07, 6.45) is 0. The summed E-state index contributed by atoms with van der Waals surface area (Å²) in [5, 5.41) is 10.1. The van der Waals surface area contributed by atoms with Crippen LogP contribution in [0.3, 0.4) is 0 Å². The fraction of sp³-hybridized carbons (Fsp3) is 0.0625. The molecule has 1 aromatic heterocycles. The molecule has 2 aromatic carbocycles. The van der Waals surface area contributed by atoms with E-state index in [1.165, 1.54) is 10.9 Å². The third-order valence-electron chi connectivity index (χ3n) is 3.20. The summed E-state index contributed by atoms with van der Waals surface area (Å²) in [6.45, 7) is 2.08. The van der Waals surface area contributed by atoms with E-state index < -0.39 is 0 Å². The van der Waals surface area contributed by atoms with Gasteiger partial charge in [0.2, 0.25) is 0 Å². The molecule has 0 radical (unpaired) electrons. The Hall–Kier alpha value is -2.53. The maximum Gasteiger partial charge on any atom is 0.0991 e. The van der Waals surface area contributed by atoms with E-state index in [9.17, 15) is 0 Å². The van der Waals surface area contributed by atoms with Gasteiger partial charge in [0.15, 0.2) is 0 Å². The van der Waals surface area contributed by atoms with Crippen LogP contribution in [0, 0.1) is 18.3 Å². The van der Waals surface area contributed by atoms with Crippen molar-refractivity contribution in [2.45, 2.75) is 6.92 Å². The van der Waals surface area contributed by atoms with Crippen LogP contribution in [0.5, 0.6) is 0 Å². The topological polar surface area (TPSA) is 39.6 Å². The number of para-hydroxylation sites is 1. The van der Waals surface area contributed by atoms with Crippen molar-refractivity contribution in [2.24, 2.45) is 0 Å². The molecule has 0 aliphatic carbocycles. The van der Waals surface area contributed by atoms with Crippen LogP contribution < -0.4 is 0 Å². The van der Waals surface area contributed by atoms with Crippen molar-refractivity contribution in [3.8, 4) is 17.2 Å². The number of hydrogen-bond donors (Lipinski definition) is 1. The molecule has 1 heterocycles. The standard InChI is InChI=1S/C16H12N2/c1-11-16(13-8-6-12(10-17)7-9-13)14-4-2-3-5-15(14)18-11/h2-9,18H,1H3. The highest BCUT2D eigenvalue weighted by molar-refractivity contribution is 5.97. The van der Waals surface area contributed by atoms with Crippen molar-refractivity contribution < 1.29 is 0 Å². The number of rotatable bonds is 1. The lowest BCUT2D eigenvalue weighted by Gasteiger charge is -2.01. The lowest BCUT2D eigenvalue weighted by molar-refractivity contribution is 1.30. The highest BCUT2D eigenvalue weighted by atomic mass is 14.7. The van der Waals surface area contributed by atoms with Crippen LogP contribution in [-0.2, 0) is 0 Å². The zero-order valence-electron chi connectivity index (χ0n) is 10.1. The number of nitriles is 1. The smallest absolute Gasteiger partial charge is 0.0991 e. The summed E-state index contributed by atoms with van der Waals surface area (Å²) in [5.74, 6) is 0. The highest BCUT2D eigenvalue weighted by Gasteiger charge is 2.09. The third-order valence-corrected chi connectivity index (χ3v) is 3.20. The van der Waals surface area contributed by atoms with Gasteiger partial charge in [-0.1, -0.05) is 30.3 Å². The molecule has 3 aromatic rings. The number of H-pyrrole nitrogens is 1. The van der Waals surface area contributed by atoms with E-state index in [0.29, 0.717) is 5.56 Å². The molecule has 0 bridgehead atoms. The molecular weight excluding hydrogens is 220 g/mol. The molecule has 3 rings (SSSR count). The minimum atomic E-state index is 0.691. The first-order chi connectivity index (χ1) is 8.79. The molecule has 0 fully saturated rings. The van der Waals surface area contributed by atoms with Gasteiger partial charge in [0.05, 0.1) is 11.6 Å². The molecule has 2 nitrogen and oxygen atoms in total. The van der Waals surface area contributed by atoms with Crippen LogP contribution >= 0.6 is 0 Å². The SMILES string of the molecule is Cc1[nH]c2ccccc2c1-c1ccc(C#N)cc1. The third kappa shape index (κ3) is 1.57. The van der Waals surface area contributed by atoms with E-state index in [-0.39, 0.29) is 0 Å². The van der Waals surface area contributed by atoms with E-state index in [2.05, 4.69) is 30.1 Å². The Kier molecular flexibility index (Phi) is 2.39. The second kappa shape index (κ2) is 4.05. The molecule has 1 N–H and O–H groups in total. The molecule has 0 amide bonds. The summed E-state index contributed by atoms with van der Waals surface area (Å²) in [5.41, 5.74) is 5.35. The second-order valence-electron chi connectivity index (χ2n) is 4.36. The first kappa shape index (κ1) is 10.6. The normalized spacial score (nSPS) is 10.4. The average molecular weight is 232 g/mol. The van der Waals surface area contributed by atoms with Crippen molar-refractivity contribution in [3.05, 3.63) is 59.8 Å². The zero-order chi connectivity index (χ0) is 12.5. The van der Waals surface area contributed by atoms with E-state index in [1.54, 1.807) is 0 Å². The van der Waals surface area contributed by atoms with Crippen molar-refractivity contribution >= 4 is 10.9 Å². The monoisotopic (exact) mass is 232 g/mol. The van der Waals surface area contributed by atoms with Crippen LogP contribution in [0.15, 0.2) is 48.5 Å². The Morgan fingerprint density at radius 3 is 2.44 bits per heavy atom. The summed E-state index contributed by atoms with van der Waals surface area (Å²) in [4.78, 5) is 3.39. The summed E-state index contributed by atoms with van der Waals surface area (Å²) in [7, 11) is 0. The Morgan fingerprint density at radius 1 is 1.00 bits per heavy atom. The molecular formula is C16H12N2. The summed E-state index contributed by atoms with van der Waals surface area (Å²) < 4.78 is 0. The number of aromatic amines is 1. The fourth-order valence-corrected chi connectivity index (χ4v) is 2.36. The van der Waals surface area contributed by atoms with Gasteiger partial charge >= 0.3 is 0 Å². The number of aromatic nitrogens is 1. The van der Waals surface area contributed by atoms with Crippen LogP contribution in [0.25, 0.3) is 22.0 Å². The lowest BCUT2D eigenvalue weighted by Crippen LogP contribution is -1.80. The number of nitrogens with one attached hydrogen (secondary N) is 1. The van der Waals surface area contributed by atoms with E-state index in [1.807, 2.05) is 36.4 Å². The molecule has 86 valence electrons. The Balaban J connectivity index is 2.24. The van der Waals surface area contributed by atoms with E-state index in [4.69, 9.17) is 5.26 Å². The minimum Gasteiger partial charge on any atom is -0.358 e. The molecule has 18 heavy (non-hydrogen) atoms. The van der Waals surface area contributed by atoms with Crippen LogP contribution in [0.4, 0.5) is 0 Å². The molecule has 0 aliphatic rings. The molecule has 0 unspecified atom stereocenters.